The van der Waals surface area contributed by atoms with Crippen molar-refractivity contribution >= 4 is 23.1 Å². The van der Waals surface area contributed by atoms with Crippen LogP contribution in [0.1, 0.15) is 36.2 Å². The van der Waals surface area contributed by atoms with Gasteiger partial charge in [0.05, 0.1) is 5.88 Å². The Hall–Kier alpha value is -1.02. The third kappa shape index (κ3) is 2.86. The highest BCUT2D eigenvalue weighted by Gasteiger charge is 2.19. The summed E-state index contributed by atoms with van der Waals surface area (Å²) in [6, 6.07) is 6.01. The number of hydrogen-bond donors (Lipinski definition) is 0. The first-order chi connectivity index (χ1) is 8.61. The first-order valence-corrected chi connectivity index (χ1v) is 7.12. The Morgan fingerprint density at radius 1 is 1.44 bits per heavy atom. The van der Waals surface area contributed by atoms with Crippen molar-refractivity contribution in [3.05, 3.63) is 29.3 Å². The van der Waals surface area contributed by atoms with E-state index in [4.69, 9.17) is 11.6 Å². The van der Waals surface area contributed by atoms with Crippen LogP contribution in [-0.4, -0.2) is 24.8 Å². The largest absolute Gasteiger partial charge is 0.371 e. The number of Topliss-reactive ketones (excluding diaryl/α,β-unsaturated/α-hetero) is 1. The van der Waals surface area contributed by atoms with Gasteiger partial charge in [0.1, 0.15) is 0 Å². The summed E-state index contributed by atoms with van der Waals surface area (Å²) < 4.78 is 0. The molecule has 0 spiro atoms. The first kappa shape index (κ1) is 13.4. The Bertz CT molecular complexity index is 442. The van der Waals surface area contributed by atoms with E-state index in [-0.39, 0.29) is 11.7 Å². The summed E-state index contributed by atoms with van der Waals surface area (Å²) >= 11 is 5.63. The van der Waals surface area contributed by atoms with Gasteiger partial charge in [0.15, 0.2) is 5.78 Å². The molecule has 3 heteroatoms. The van der Waals surface area contributed by atoms with E-state index >= 15 is 0 Å². The quantitative estimate of drug-likeness (QED) is 0.613. The molecule has 0 unspecified atom stereocenters. The highest BCUT2D eigenvalue weighted by Crippen LogP contribution is 2.29. The molecule has 0 aliphatic carbocycles. The summed E-state index contributed by atoms with van der Waals surface area (Å²) in [5.41, 5.74) is 3.32. The third-order valence-electron chi connectivity index (χ3n) is 3.33. The predicted molar refractivity (Wildman–Crippen MR) is 76.9 cm³/mol. The van der Waals surface area contributed by atoms with Crippen LogP contribution in [0.4, 0.5) is 5.69 Å². The molecule has 18 heavy (non-hydrogen) atoms. The highest BCUT2D eigenvalue weighted by atomic mass is 35.5. The van der Waals surface area contributed by atoms with Crippen molar-refractivity contribution in [3.63, 3.8) is 0 Å². The van der Waals surface area contributed by atoms with E-state index in [1.807, 2.05) is 12.1 Å². The number of ketones is 1. The van der Waals surface area contributed by atoms with E-state index in [1.165, 1.54) is 17.7 Å². The molecule has 0 aromatic heterocycles. The van der Waals surface area contributed by atoms with Gasteiger partial charge in [-0.05, 0) is 30.4 Å². The number of hydrogen-bond acceptors (Lipinski definition) is 2. The SMILES string of the molecule is CC(C)CN1CCCc2ccc(C(=O)CCl)cc21. The summed E-state index contributed by atoms with van der Waals surface area (Å²) in [6.45, 7) is 6.58. The van der Waals surface area contributed by atoms with Crippen molar-refractivity contribution < 1.29 is 4.79 Å². The highest BCUT2D eigenvalue weighted by molar-refractivity contribution is 6.30. The van der Waals surface area contributed by atoms with E-state index in [9.17, 15) is 4.79 Å². The topological polar surface area (TPSA) is 20.3 Å². The Balaban J connectivity index is 2.32. The number of halogens is 1. The smallest absolute Gasteiger partial charge is 0.177 e. The van der Waals surface area contributed by atoms with Gasteiger partial charge in [-0.3, -0.25) is 4.79 Å². The fourth-order valence-corrected chi connectivity index (χ4v) is 2.69. The molecule has 1 aliphatic heterocycles. The second-order valence-electron chi connectivity index (χ2n) is 5.34. The molecule has 0 radical (unpaired) electrons. The molecule has 2 rings (SSSR count). The van der Waals surface area contributed by atoms with Gasteiger partial charge in [-0.25, -0.2) is 0 Å². The van der Waals surface area contributed by atoms with Crippen LogP contribution in [0.15, 0.2) is 18.2 Å². The molecule has 1 aromatic rings. The molecule has 0 bridgehead atoms. The van der Waals surface area contributed by atoms with Crippen LogP contribution in [-0.2, 0) is 6.42 Å². The van der Waals surface area contributed by atoms with Gasteiger partial charge < -0.3 is 4.90 Å². The van der Waals surface area contributed by atoms with E-state index in [1.54, 1.807) is 0 Å². The molecule has 0 fully saturated rings. The molecule has 0 amide bonds. The Morgan fingerprint density at radius 3 is 2.89 bits per heavy atom. The lowest BCUT2D eigenvalue weighted by Crippen LogP contribution is -2.32. The normalized spacial score (nSPS) is 14.8. The van der Waals surface area contributed by atoms with Crippen molar-refractivity contribution in [3.8, 4) is 0 Å². The van der Waals surface area contributed by atoms with E-state index in [0.29, 0.717) is 5.92 Å². The number of benzene rings is 1. The summed E-state index contributed by atoms with van der Waals surface area (Å²) in [5.74, 6) is 0.695. The van der Waals surface area contributed by atoms with Crippen molar-refractivity contribution in [2.24, 2.45) is 5.92 Å². The Morgan fingerprint density at radius 2 is 2.22 bits per heavy atom. The minimum absolute atomic E-state index is 0.00883. The minimum atomic E-state index is 0.00883. The van der Waals surface area contributed by atoms with Crippen LogP contribution in [0.2, 0.25) is 0 Å². The van der Waals surface area contributed by atoms with Gasteiger partial charge in [-0.15, -0.1) is 11.6 Å². The number of fused-ring (bicyclic) bond motifs is 1. The average molecular weight is 266 g/mol. The molecule has 0 N–H and O–H groups in total. The van der Waals surface area contributed by atoms with Crippen molar-refractivity contribution in [2.45, 2.75) is 26.7 Å². The van der Waals surface area contributed by atoms with Crippen molar-refractivity contribution in [1.82, 2.24) is 0 Å². The van der Waals surface area contributed by atoms with Crippen LogP contribution in [0.5, 0.6) is 0 Å². The lowest BCUT2D eigenvalue weighted by Gasteiger charge is -2.33. The number of carbonyl (C=O) groups excluding carboxylic acids is 1. The standard InChI is InChI=1S/C15H20ClNO/c1-11(2)10-17-7-3-4-12-5-6-13(8-14(12)17)15(18)9-16/h5-6,8,11H,3-4,7,9-10H2,1-2H3. The van der Waals surface area contributed by atoms with Crippen molar-refractivity contribution in [2.75, 3.05) is 23.9 Å². The summed E-state index contributed by atoms with van der Waals surface area (Å²) in [7, 11) is 0. The molecule has 1 aromatic carbocycles. The molecule has 0 saturated carbocycles. The van der Waals surface area contributed by atoms with Gasteiger partial charge >= 0.3 is 0 Å². The van der Waals surface area contributed by atoms with Crippen LogP contribution in [0, 0.1) is 5.92 Å². The molecule has 98 valence electrons. The van der Waals surface area contributed by atoms with Gasteiger partial charge in [0, 0.05) is 24.3 Å². The average Bonchev–Trinajstić information content (AvgIpc) is 2.37. The number of rotatable bonds is 4. The lowest BCUT2D eigenvalue weighted by molar-refractivity contribution is 0.102. The summed E-state index contributed by atoms with van der Waals surface area (Å²) in [5, 5.41) is 0. The second kappa shape index (κ2) is 5.75. The van der Waals surface area contributed by atoms with Gasteiger partial charge in [0.2, 0.25) is 0 Å². The maximum atomic E-state index is 11.7. The van der Waals surface area contributed by atoms with Crippen molar-refractivity contribution in [1.29, 1.82) is 0 Å². The first-order valence-electron chi connectivity index (χ1n) is 6.59. The molecular weight excluding hydrogens is 246 g/mol. The zero-order valence-electron chi connectivity index (χ0n) is 11.1. The van der Waals surface area contributed by atoms with Crippen LogP contribution < -0.4 is 4.90 Å². The third-order valence-corrected chi connectivity index (χ3v) is 3.57. The van der Waals surface area contributed by atoms with E-state index in [0.717, 1.165) is 25.1 Å². The zero-order chi connectivity index (χ0) is 13.1. The summed E-state index contributed by atoms with van der Waals surface area (Å²) in [6.07, 6.45) is 2.31. The zero-order valence-corrected chi connectivity index (χ0v) is 11.8. The van der Waals surface area contributed by atoms with Crippen LogP contribution in [0.25, 0.3) is 0 Å². The van der Waals surface area contributed by atoms with Crippen LogP contribution in [0.3, 0.4) is 0 Å². The number of alkyl halides is 1. The Kier molecular flexibility index (Phi) is 4.28. The Labute approximate surface area is 114 Å². The number of anilines is 1. The second-order valence-corrected chi connectivity index (χ2v) is 5.61. The van der Waals surface area contributed by atoms with E-state index < -0.39 is 0 Å². The maximum Gasteiger partial charge on any atom is 0.177 e. The lowest BCUT2D eigenvalue weighted by atomic mass is 9.97. The monoisotopic (exact) mass is 265 g/mol. The number of nitrogens with zero attached hydrogens (tertiary/aromatic N) is 1. The number of aryl methyl sites for hydroxylation is 1. The maximum absolute atomic E-state index is 11.7. The molecule has 1 aliphatic rings. The van der Waals surface area contributed by atoms with Crippen LogP contribution >= 0.6 is 11.6 Å². The molecule has 0 atom stereocenters. The number of carbonyl (C=O) groups is 1. The molecular formula is C15H20ClNO. The fraction of sp³-hybridized carbons (Fsp3) is 0.533. The van der Waals surface area contributed by atoms with E-state index in [2.05, 4.69) is 24.8 Å². The predicted octanol–water partition coefficient (Wildman–Crippen LogP) is 3.52. The minimum Gasteiger partial charge on any atom is -0.371 e. The van der Waals surface area contributed by atoms with Gasteiger partial charge in [0.25, 0.3) is 0 Å². The van der Waals surface area contributed by atoms with Gasteiger partial charge in [-0.1, -0.05) is 26.0 Å². The summed E-state index contributed by atoms with van der Waals surface area (Å²) in [4.78, 5) is 14.1. The molecule has 0 saturated heterocycles. The molecule has 1 heterocycles. The molecule has 2 nitrogen and oxygen atoms in total. The van der Waals surface area contributed by atoms with Gasteiger partial charge in [-0.2, -0.15) is 0 Å². The fourth-order valence-electron chi connectivity index (χ4n) is 2.53.